The van der Waals surface area contributed by atoms with Crippen LogP contribution in [0.25, 0.3) is 0 Å². The summed E-state index contributed by atoms with van der Waals surface area (Å²) in [6.07, 6.45) is 4.93. The number of carbonyl (C=O) groups excluding carboxylic acids is 1. The number of aromatic nitrogens is 1. The lowest BCUT2D eigenvalue weighted by molar-refractivity contribution is 0.134. The molecule has 2 aromatic rings. The second-order valence-electron chi connectivity index (χ2n) is 5.93. The second kappa shape index (κ2) is 7.68. The second-order valence-corrected chi connectivity index (χ2v) is 5.93. The van der Waals surface area contributed by atoms with Gasteiger partial charge in [-0.1, -0.05) is 30.3 Å². The van der Waals surface area contributed by atoms with Gasteiger partial charge < -0.3 is 20.7 Å². The van der Waals surface area contributed by atoms with E-state index in [0.717, 1.165) is 30.6 Å². The van der Waals surface area contributed by atoms with Gasteiger partial charge >= 0.3 is 6.09 Å². The zero-order chi connectivity index (χ0) is 16.8. The molecule has 1 aliphatic heterocycles. The van der Waals surface area contributed by atoms with E-state index in [9.17, 15) is 4.79 Å². The fraction of sp³-hybridized carbons (Fsp3) is 0.333. The van der Waals surface area contributed by atoms with Gasteiger partial charge in [0.25, 0.3) is 0 Å². The number of nitrogens with zero attached hydrogens (tertiary/aromatic N) is 2. The zero-order valence-corrected chi connectivity index (χ0v) is 13.5. The SMILES string of the molecule is Nc1cnccc1N1CCC[C@H](NC(=O)OCc2ccccc2)C1. The van der Waals surface area contributed by atoms with E-state index >= 15 is 0 Å². The Kier molecular flexibility index (Phi) is 5.15. The van der Waals surface area contributed by atoms with Gasteiger partial charge in [-0.15, -0.1) is 0 Å². The van der Waals surface area contributed by atoms with Crippen LogP contribution >= 0.6 is 0 Å². The number of hydrogen-bond acceptors (Lipinski definition) is 5. The molecular formula is C18H22N4O2. The van der Waals surface area contributed by atoms with Gasteiger partial charge in [-0.25, -0.2) is 4.79 Å². The number of nitrogen functional groups attached to an aromatic ring is 1. The molecule has 126 valence electrons. The Labute approximate surface area is 141 Å². The molecule has 6 nitrogen and oxygen atoms in total. The Morgan fingerprint density at radius 2 is 2.17 bits per heavy atom. The average molecular weight is 326 g/mol. The number of amides is 1. The minimum absolute atomic E-state index is 0.0505. The normalized spacial score (nSPS) is 17.3. The molecule has 3 rings (SSSR count). The number of pyridine rings is 1. The summed E-state index contributed by atoms with van der Waals surface area (Å²) in [6.45, 7) is 1.92. The third kappa shape index (κ3) is 4.16. The van der Waals surface area contributed by atoms with E-state index in [-0.39, 0.29) is 18.7 Å². The number of carbonyl (C=O) groups is 1. The highest BCUT2D eigenvalue weighted by Crippen LogP contribution is 2.25. The molecule has 6 heteroatoms. The van der Waals surface area contributed by atoms with E-state index in [1.807, 2.05) is 36.4 Å². The lowest BCUT2D eigenvalue weighted by Crippen LogP contribution is -2.48. The monoisotopic (exact) mass is 326 g/mol. The minimum atomic E-state index is -0.381. The number of nitrogens with two attached hydrogens (primary N) is 1. The van der Waals surface area contributed by atoms with E-state index in [2.05, 4.69) is 15.2 Å². The molecule has 1 aromatic carbocycles. The summed E-state index contributed by atoms with van der Waals surface area (Å²) in [5.41, 5.74) is 8.59. The van der Waals surface area contributed by atoms with Crippen LogP contribution in [0, 0.1) is 0 Å². The Hall–Kier alpha value is -2.76. The fourth-order valence-corrected chi connectivity index (χ4v) is 2.93. The van der Waals surface area contributed by atoms with E-state index < -0.39 is 0 Å². The van der Waals surface area contributed by atoms with Gasteiger partial charge in [0.15, 0.2) is 0 Å². The summed E-state index contributed by atoms with van der Waals surface area (Å²) >= 11 is 0. The maximum Gasteiger partial charge on any atom is 0.407 e. The van der Waals surface area contributed by atoms with Gasteiger partial charge in [-0.3, -0.25) is 4.98 Å². The van der Waals surface area contributed by atoms with Crippen molar-refractivity contribution in [2.45, 2.75) is 25.5 Å². The van der Waals surface area contributed by atoms with Crippen molar-refractivity contribution in [1.29, 1.82) is 0 Å². The largest absolute Gasteiger partial charge is 0.445 e. The standard InChI is InChI=1S/C18H22N4O2/c19-16-11-20-9-8-17(16)22-10-4-7-15(12-22)21-18(23)24-13-14-5-2-1-3-6-14/h1-3,5-6,8-9,11,15H,4,7,10,12-13,19H2,(H,21,23)/t15-/m0/s1. The smallest absolute Gasteiger partial charge is 0.407 e. The predicted molar refractivity (Wildman–Crippen MR) is 93.6 cm³/mol. The summed E-state index contributed by atoms with van der Waals surface area (Å²) in [5.74, 6) is 0. The zero-order valence-electron chi connectivity index (χ0n) is 13.5. The number of hydrogen-bond donors (Lipinski definition) is 2. The Morgan fingerprint density at radius 3 is 2.96 bits per heavy atom. The summed E-state index contributed by atoms with van der Waals surface area (Å²) in [4.78, 5) is 18.2. The molecule has 1 saturated heterocycles. The molecule has 1 atom stereocenters. The molecule has 1 amide bonds. The van der Waals surface area contributed by atoms with Crippen molar-refractivity contribution in [3.05, 3.63) is 54.4 Å². The Balaban J connectivity index is 1.52. The molecule has 0 bridgehead atoms. The minimum Gasteiger partial charge on any atom is -0.445 e. The first-order valence-electron chi connectivity index (χ1n) is 8.14. The third-order valence-electron chi connectivity index (χ3n) is 4.12. The molecule has 0 unspecified atom stereocenters. The van der Waals surface area contributed by atoms with Crippen LogP contribution in [-0.4, -0.2) is 30.2 Å². The van der Waals surface area contributed by atoms with Gasteiger partial charge in [-0.2, -0.15) is 0 Å². The summed E-state index contributed by atoms with van der Waals surface area (Å²) < 4.78 is 5.29. The third-order valence-corrected chi connectivity index (χ3v) is 4.12. The highest BCUT2D eigenvalue weighted by molar-refractivity contribution is 5.69. The summed E-state index contributed by atoms with van der Waals surface area (Å²) in [5, 5.41) is 2.95. The molecule has 3 N–H and O–H groups in total. The van der Waals surface area contributed by atoms with Crippen LogP contribution in [0.2, 0.25) is 0 Å². The fourth-order valence-electron chi connectivity index (χ4n) is 2.93. The molecule has 1 fully saturated rings. The number of piperidine rings is 1. The van der Waals surface area contributed by atoms with E-state index in [0.29, 0.717) is 12.2 Å². The molecule has 0 saturated carbocycles. The number of rotatable bonds is 4. The quantitative estimate of drug-likeness (QED) is 0.902. The maximum absolute atomic E-state index is 12.0. The van der Waals surface area contributed by atoms with E-state index in [4.69, 9.17) is 10.5 Å². The van der Waals surface area contributed by atoms with E-state index in [1.54, 1.807) is 12.4 Å². The van der Waals surface area contributed by atoms with Crippen LogP contribution in [0.15, 0.2) is 48.8 Å². The molecule has 2 heterocycles. The van der Waals surface area contributed by atoms with Crippen molar-refractivity contribution >= 4 is 17.5 Å². The van der Waals surface area contributed by atoms with Crippen LogP contribution in [0.3, 0.4) is 0 Å². The molecule has 1 aliphatic rings. The molecule has 24 heavy (non-hydrogen) atoms. The molecule has 0 spiro atoms. The first-order valence-corrected chi connectivity index (χ1v) is 8.14. The van der Waals surface area contributed by atoms with Crippen LogP contribution in [0.5, 0.6) is 0 Å². The van der Waals surface area contributed by atoms with Gasteiger partial charge in [0.2, 0.25) is 0 Å². The number of nitrogens with one attached hydrogen (secondary N) is 1. The molecular weight excluding hydrogens is 304 g/mol. The van der Waals surface area contributed by atoms with Gasteiger partial charge in [0, 0.05) is 25.3 Å². The number of ether oxygens (including phenoxy) is 1. The van der Waals surface area contributed by atoms with Crippen molar-refractivity contribution in [3.63, 3.8) is 0 Å². The first-order chi connectivity index (χ1) is 11.7. The van der Waals surface area contributed by atoms with Crippen molar-refractivity contribution < 1.29 is 9.53 Å². The number of anilines is 2. The van der Waals surface area contributed by atoms with Crippen LogP contribution in [0.4, 0.5) is 16.2 Å². The highest BCUT2D eigenvalue weighted by Gasteiger charge is 2.23. The van der Waals surface area contributed by atoms with Crippen LogP contribution in [-0.2, 0) is 11.3 Å². The van der Waals surface area contributed by atoms with Crippen LogP contribution < -0.4 is 16.0 Å². The van der Waals surface area contributed by atoms with Gasteiger partial charge in [-0.05, 0) is 24.5 Å². The summed E-state index contributed by atoms with van der Waals surface area (Å²) in [7, 11) is 0. The van der Waals surface area contributed by atoms with Crippen molar-refractivity contribution in [2.75, 3.05) is 23.7 Å². The van der Waals surface area contributed by atoms with Gasteiger partial charge in [0.1, 0.15) is 6.61 Å². The van der Waals surface area contributed by atoms with Crippen molar-refractivity contribution in [2.24, 2.45) is 0 Å². The lowest BCUT2D eigenvalue weighted by Gasteiger charge is -2.35. The number of alkyl carbamates (subject to hydrolysis) is 1. The topological polar surface area (TPSA) is 80.5 Å². The lowest BCUT2D eigenvalue weighted by atomic mass is 10.1. The first kappa shape index (κ1) is 16.1. The van der Waals surface area contributed by atoms with Crippen molar-refractivity contribution in [3.8, 4) is 0 Å². The number of benzene rings is 1. The molecule has 0 aliphatic carbocycles. The van der Waals surface area contributed by atoms with Crippen LogP contribution in [0.1, 0.15) is 18.4 Å². The predicted octanol–water partition coefficient (Wildman–Crippen LogP) is 2.56. The Bertz CT molecular complexity index is 678. The maximum atomic E-state index is 12.0. The summed E-state index contributed by atoms with van der Waals surface area (Å²) in [6, 6.07) is 11.6. The molecule has 1 aromatic heterocycles. The van der Waals surface area contributed by atoms with Gasteiger partial charge in [0.05, 0.1) is 17.6 Å². The van der Waals surface area contributed by atoms with Crippen molar-refractivity contribution in [1.82, 2.24) is 10.3 Å². The average Bonchev–Trinajstić information content (AvgIpc) is 2.61. The Morgan fingerprint density at radius 1 is 1.33 bits per heavy atom. The van der Waals surface area contributed by atoms with E-state index in [1.165, 1.54) is 0 Å². The highest BCUT2D eigenvalue weighted by atomic mass is 16.5. The molecule has 0 radical (unpaired) electrons.